The number of rotatable bonds is 6. The van der Waals surface area contributed by atoms with Crippen molar-refractivity contribution >= 4 is 38.1 Å². The van der Waals surface area contributed by atoms with Crippen LogP contribution in [0.15, 0.2) is 83.3 Å². The standard InChI is InChI=1S/C22H15N5O3S2/c23-12-15-6-8-17(9-7-15)32(29,30)27-19-13-24-11-10-18(19)21(28)26-22-25-20(14-31-22)16-4-2-1-3-5-16/h1-11,13-14,27H,(H,25,26,28). The molecule has 0 aliphatic rings. The smallest absolute Gasteiger partial charge is 0.261 e. The van der Waals surface area contributed by atoms with Gasteiger partial charge in [-0.15, -0.1) is 11.3 Å². The molecule has 1 amide bonds. The second-order valence-corrected chi connectivity index (χ2v) is 9.06. The number of nitrogens with zero attached hydrogens (tertiary/aromatic N) is 3. The number of sulfonamides is 1. The zero-order valence-electron chi connectivity index (χ0n) is 16.4. The third-order valence-corrected chi connectivity index (χ3v) is 6.54. The normalized spacial score (nSPS) is 10.8. The first-order valence-corrected chi connectivity index (χ1v) is 11.6. The molecule has 0 unspecified atom stereocenters. The molecule has 0 saturated heterocycles. The van der Waals surface area contributed by atoms with Gasteiger partial charge in [0.15, 0.2) is 5.13 Å². The fourth-order valence-corrected chi connectivity index (χ4v) is 4.60. The van der Waals surface area contributed by atoms with Crippen LogP contribution in [0.25, 0.3) is 11.3 Å². The van der Waals surface area contributed by atoms with E-state index in [1.54, 1.807) is 0 Å². The molecule has 158 valence electrons. The van der Waals surface area contributed by atoms with Crippen molar-refractivity contribution in [2.75, 3.05) is 10.0 Å². The highest BCUT2D eigenvalue weighted by Crippen LogP contribution is 2.26. The highest BCUT2D eigenvalue weighted by molar-refractivity contribution is 7.92. The fraction of sp³-hybridized carbons (Fsp3) is 0. The Morgan fingerprint density at radius 3 is 2.50 bits per heavy atom. The summed E-state index contributed by atoms with van der Waals surface area (Å²) in [6, 6.07) is 18.3. The van der Waals surface area contributed by atoms with Gasteiger partial charge in [-0.1, -0.05) is 30.3 Å². The lowest BCUT2D eigenvalue weighted by molar-refractivity contribution is 0.102. The van der Waals surface area contributed by atoms with E-state index in [0.29, 0.717) is 10.7 Å². The Bertz CT molecular complexity index is 1410. The van der Waals surface area contributed by atoms with E-state index in [-0.39, 0.29) is 16.1 Å². The van der Waals surface area contributed by atoms with E-state index in [2.05, 4.69) is 20.0 Å². The summed E-state index contributed by atoms with van der Waals surface area (Å²) in [6.07, 6.45) is 2.65. The van der Waals surface area contributed by atoms with Gasteiger partial charge in [-0.05, 0) is 30.3 Å². The number of anilines is 2. The van der Waals surface area contributed by atoms with Crippen LogP contribution in [0.5, 0.6) is 0 Å². The predicted molar refractivity (Wildman–Crippen MR) is 122 cm³/mol. The van der Waals surface area contributed by atoms with Gasteiger partial charge in [0.1, 0.15) is 0 Å². The third-order valence-electron chi connectivity index (χ3n) is 4.40. The Balaban J connectivity index is 1.55. The Kier molecular flexibility index (Phi) is 5.93. The van der Waals surface area contributed by atoms with Crippen LogP contribution in [-0.2, 0) is 10.0 Å². The molecule has 2 heterocycles. The van der Waals surface area contributed by atoms with Crippen molar-refractivity contribution in [1.29, 1.82) is 5.26 Å². The summed E-state index contributed by atoms with van der Waals surface area (Å²) < 4.78 is 27.8. The summed E-state index contributed by atoms with van der Waals surface area (Å²) in [6.45, 7) is 0. The molecule has 0 radical (unpaired) electrons. The van der Waals surface area contributed by atoms with Crippen molar-refractivity contribution in [1.82, 2.24) is 9.97 Å². The van der Waals surface area contributed by atoms with Crippen LogP contribution in [0.3, 0.4) is 0 Å². The van der Waals surface area contributed by atoms with Crippen molar-refractivity contribution in [3.8, 4) is 17.3 Å². The number of amides is 1. The highest BCUT2D eigenvalue weighted by atomic mass is 32.2. The summed E-state index contributed by atoms with van der Waals surface area (Å²) >= 11 is 1.26. The quantitative estimate of drug-likeness (QED) is 0.445. The maximum absolute atomic E-state index is 12.8. The molecule has 0 bridgehead atoms. The average molecular weight is 462 g/mol. The fourth-order valence-electron chi connectivity index (χ4n) is 2.82. The average Bonchev–Trinajstić information content (AvgIpc) is 3.28. The second kappa shape index (κ2) is 8.97. The van der Waals surface area contributed by atoms with Gasteiger partial charge in [0.25, 0.3) is 15.9 Å². The lowest BCUT2D eigenvalue weighted by Crippen LogP contribution is -2.19. The Morgan fingerprint density at radius 1 is 1.03 bits per heavy atom. The van der Waals surface area contributed by atoms with Crippen LogP contribution in [0.2, 0.25) is 0 Å². The van der Waals surface area contributed by atoms with Crippen LogP contribution in [0, 0.1) is 11.3 Å². The van der Waals surface area contributed by atoms with Crippen LogP contribution >= 0.6 is 11.3 Å². The van der Waals surface area contributed by atoms with Crippen molar-refractivity contribution in [3.05, 3.63) is 89.6 Å². The van der Waals surface area contributed by atoms with Gasteiger partial charge in [0.2, 0.25) is 0 Å². The first kappa shape index (κ1) is 21.2. The van der Waals surface area contributed by atoms with E-state index in [1.807, 2.05) is 41.8 Å². The molecule has 4 rings (SSSR count). The molecule has 2 aromatic carbocycles. The minimum atomic E-state index is -3.99. The summed E-state index contributed by atoms with van der Waals surface area (Å²) in [5, 5.41) is 13.8. The van der Waals surface area contributed by atoms with Crippen molar-refractivity contribution in [2.45, 2.75) is 4.90 Å². The number of nitrogens with one attached hydrogen (secondary N) is 2. The Morgan fingerprint density at radius 2 is 1.78 bits per heavy atom. The molecule has 0 spiro atoms. The number of hydrogen-bond donors (Lipinski definition) is 2. The van der Waals surface area contributed by atoms with E-state index in [1.165, 1.54) is 54.1 Å². The number of benzene rings is 2. The molecule has 2 aromatic heterocycles. The molecule has 0 fully saturated rings. The van der Waals surface area contributed by atoms with E-state index < -0.39 is 15.9 Å². The number of carbonyl (C=O) groups excluding carboxylic acids is 1. The molecule has 0 aliphatic carbocycles. The van der Waals surface area contributed by atoms with Gasteiger partial charge in [-0.3, -0.25) is 19.8 Å². The van der Waals surface area contributed by atoms with Gasteiger partial charge in [-0.2, -0.15) is 5.26 Å². The molecule has 32 heavy (non-hydrogen) atoms. The lowest BCUT2D eigenvalue weighted by atomic mass is 10.2. The van der Waals surface area contributed by atoms with Gasteiger partial charge < -0.3 is 0 Å². The van der Waals surface area contributed by atoms with Crippen molar-refractivity contribution in [2.24, 2.45) is 0 Å². The SMILES string of the molecule is N#Cc1ccc(S(=O)(=O)Nc2cnccc2C(=O)Nc2nc(-c3ccccc3)cs2)cc1. The summed E-state index contributed by atoms with van der Waals surface area (Å²) in [5.74, 6) is -0.529. The molecule has 4 aromatic rings. The minimum Gasteiger partial charge on any atom is -0.298 e. The van der Waals surface area contributed by atoms with E-state index in [9.17, 15) is 13.2 Å². The number of thiazole rings is 1. The van der Waals surface area contributed by atoms with Crippen LogP contribution in [-0.4, -0.2) is 24.3 Å². The molecule has 0 aliphatic heterocycles. The van der Waals surface area contributed by atoms with Gasteiger partial charge >= 0.3 is 0 Å². The zero-order chi connectivity index (χ0) is 22.6. The summed E-state index contributed by atoms with van der Waals surface area (Å²) in [7, 11) is -3.99. The van der Waals surface area contributed by atoms with Gasteiger partial charge in [0, 0.05) is 17.1 Å². The van der Waals surface area contributed by atoms with Crippen LogP contribution in [0.1, 0.15) is 15.9 Å². The maximum atomic E-state index is 12.8. The monoisotopic (exact) mass is 461 g/mol. The zero-order valence-corrected chi connectivity index (χ0v) is 18.0. The predicted octanol–water partition coefficient (Wildman–Crippen LogP) is 4.13. The van der Waals surface area contributed by atoms with Gasteiger partial charge in [0.05, 0.1) is 39.7 Å². The Labute approximate surface area is 188 Å². The van der Waals surface area contributed by atoms with E-state index >= 15 is 0 Å². The van der Waals surface area contributed by atoms with Crippen LogP contribution < -0.4 is 10.0 Å². The molecule has 2 N–H and O–H groups in total. The number of nitriles is 1. The third kappa shape index (κ3) is 4.64. The molecule has 0 atom stereocenters. The molecule has 8 nitrogen and oxygen atoms in total. The topological polar surface area (TPSA) is 125 Å². The largest absolute Gasteiger partial charge is 0.298 e. The molecule has 10 heteroatoms. The van der Waals surface area contributed by atoms with E-state index in [4.69, 9.17) is 5.26 Å². The van der Waals surface area contributed by atoms with E-state index in [0.717, 1.165) is 11.3 Å². The number of pyridine rings is 1. The minimum absolute atomic E-state index is 0.0224. The molecular formula is C22H15N5O3S2. The summed E-state index contributed by atoms with van der Waals surface area (Å²) in [4.78, 5) is 21.1. The highest BCUT2D eigenvalue weighted by Gasteiger charge is 2.20. The second-order valence-electron chi connectivity index (χ2n) is 6.52. The Hall–Kier alpha value is -4.07. The maximum Gasteiger partial charge on any atom is 0.261 e. The first-order valence-electron chi connectivity index (χ1n) is 9.25. The van der Waals surface area contributed by atoms with Crippen molar-refractivity contribution in [3.63, 3.8) is 0 Å². The van der Waals surface area contributed by atoms with Crippen molar-refractivity contribution < 1.29 is 13.2 Å². The number of carbonyl (C=O) groups is 1. The molecular weight excluding hydrogens is 446 g/mol. The first-order chi connectivity index (χ1) is 15.5. The number of aromatic nitrogens is 2. The molecule has 0 saturated carbocycles. The van der Waals surface area contributed by atoms with Gasteiger partial charge in [-0.25, -0.2) is 13.4 Å². The van der Waals surface area contributed by atoms with Crippen LogP contribution in [0.4, 0.5) is 10.8 Å². The lowest BCUT2D eigenvalue weighted by Gasteiger charge is -2.11. The summed E-state index contributed by atoms with van der Waals surface area (Å²) in [5.41, 5.74) is 2.10. The number of hydrogen-bond acceptors (Lipinski definition) is 7.